The van der Waals surface area contributed by atoms with Crippen molar-refractivity contribution in [1.82, 2.24) is 10.3 Å². The summed E-state index contributed by atoms with van der Waals surface area (Å²) in [7, 11) is 0. The van der Waals surface area contributed by atoms with Crippen molar-refractivity contribution in [1.29, 1.82) is 0 Å². The van der Waals surface area contributed by atoms with Crippen molar-refractivity contribution in [2.24, 2.45) is 11.7 Å². The lowest BCUT2D eigenvalue weighted by Gasteiger charge is -2.33. The Labute approximate surface area is 132 Å². The molecule has 0 aliphatic carbocycles. The van der Waals surface area contributed by atoms with E-state index < -0.39 is 0 Å². The molecule has 2 rings (SSSR count). The third-order valence-electron chi connectivity index (χ3n) is 3.32. The van der Waals surface area contributed by atoms with Gasteiger partial charge >= 0.3 is 0 Å². The zero-order valence-corrected chi connectivity index (χ0v) is 13.5. The fourth-order valence-corrected chi connectivity index (χ4v) is 3.11. The molecule has 1 aliphatic rings. The normalized spacial score (nSPS) is 18.9. The van der Waals surface area contributed by atoms with E-state index in [4.69, 9.17) is 17.3 Å². The van der Waals surface area contributed by atoms with Gasteiger partial charge in [0.2, 0.25) is 5.91 Å². The van der Waals surface area contributed by atoms with Crippen molar-refractivity contribution in [2.75, 3.05) is 31.1 Å². The molecule has 0 radical (unpaired) electrons. The van der Waals surface area contributed by atoms with Crippen molar-refractivity contribution in [2.45, 2.75) is 12.8 Å². The van der Waals surface area contributed by atoms with Gasteiger partial charge in [-0.05, 0) is 34.8 Å². The smallest absolute Gasteiger partial charge is 0.224 e. The van der Waals surface area contributed by atoms with Crippen LogP contribution in [0.5, 0.6) is 0 Å². The standard InChI is InChI=1S/C13H18BrClN4O/c14-10-6-11(15)12(18-7-10)19-5-1-2-9(8-19)13(20)17-4-3-16/h6-7,9H,1-5,8,16H2,(H,17,20). The van der Waals surface area contributed by atoms with E-state index in [-0.39, 0.29) is 11.8 Å². The van der Waals surface area contributed by atoms with Crippen LogP contribution in [0, 0.1) is 5.92 Å². The molecule has 1 amide bonds. The Kier molecular flexibility index (Phi) is 5.63. The highest BCUT2D eigenvalue weighted by Crippen LogP contribution is 2.29. The van der Waals surface area contributed by atoms with Gasteiger partial charge in [-0.1, -0.05) is 11.6 Å². The van der Waals surface area contributed by atoms with Crippen LogP contribution in [0.25, 0.3) is 0 Å². The van der Waals surface area contributed by atoms with Gasteiger partial charge in [0.15, 0.2) is 0 Å². The molecule has 0 bridgehead atoms. The Morgan fingerprint density at radius 2 is 2.45 bits per heavy atom. The van der Waals surface area contributed by atoms with Crippen molar-refractivity contribution < 1.29 is 4.79 Å². The molecular formula is C13H18BrClN4O. The summed E-state index contributed by atoms with van der Waals surface area (Å²) in [4.78, 5) is 18.4. The molecule has 2 heterocycles. The Morgan fingerprint density at radius 3 is 3.15 bits per heavy atom. The number of hydrogen-bond acceptors (Lipinski definition) is 4. The van der Waals surface area contributed by atoms with Gasteiger partial charge in [-0.25, -0.2) is 4.98 Å². The molecule has 20 heavy (non-hydrogen) atoms. The van der Waals surface area contributed by atoms with Crippen LogP contribution in [-0.4, -0.2) is 37.1 Å². The summed E-state index contributed by atoms with van der Waals surface area (Å²) in [6.45, 7) is 2.49. The number of halogens is 2. The van der Waals surface area contributed by atoms with Crippen LogP contribution in [0.2, 0.25) is 5.02 Å². The second-order valence-corrected chi connectivity index (χ2v) is 6.15. The van der Waals surface area contributed by atoms with Crippen LogP contribution in [0.1, 0.15) is 12.8 Å². The monoisotopic (exact) mass is 360 g/mol. The molecule has 0 aromatic carbocycles. The molecule has 5 nitrogen and oxygen atoms in total. The van der Waals surface area contributed by atoms with Crippen molar-refractivity contribution >= 4 is 39.3 Å². The molecule has 1 aromatic heterocycles. The summed E-state index contributed by atoms with van der Waals surface area (Å²) in [5.74, 6) is 0.774. The van der Waals surface area contributed by atoms with E-state index in [1.165, 1.54) is 0 Å². The van der Waals surface area contributed by atoms with Gasteiger partial charge < -0.3 is 16.0 Å². The minimum atomic E-state index is -0.0307. The van der Waals surface area contributed by atoms with Gasteiger partial charge in [-0.15, -0.1) is 0 Å². The second-order valence-electron chi connectivity index (χ2n) is 4.82. The number of nitrogens with one attached hydrogen (secondary N) is 1. The van der Waals surface area contributed by atoms with Crippen LogP contribution in [-0.2, 0) is 4.79 Å². The first kappa shape index (κ1) is 15.5. The van der Waals surface area contributed by atoms with Gasteiger partial charge in [0, 0.05) is 36.8 Å². The second kappa shape index (κ2) is 7.24. The molecule has 1 aliphatic heterocycles. The molecule has 3 N–H and O–H groups in total. The summed E-state index contributed by atoms with van der Waals surface area (Å²) in [6.07, 6.45) is 3.56. The van der Waals surface area contributed by atoms with E-state index in [0.717, 1.165) is 29.7 Å². The Hall–Kier alpha value is -0.850. The van der Waals surface area contributed by atoms with Gasteiger partial charge in [0.05, 0.1) is 10.9 Å². The molecular weight excluding hydrogens is 344 g/mol. The molecule has 110 valence electrons. The third kappa shape index (κ3) is 3.84. The number of rotatable bonds is 4. The average molecular weight is 362 g/mol. The zero-order chi connectivity index (χ0) is 14.5. The summed E-state index contributed by atoms with van der Waals surface area (Å²) in [6, 6.07) is 1.82. The van der Waals surface area contributed by atoms with Crippen LogP contribution in [0.4, 0.5) is 5.82 Å². The molecule has 1 fully saturated rings. The fraction of sp³-hybridized carbons (Fsp3) is 0.538. The minimum Gasteiger partial charge on any atom is -0.355 e. The highest BCUT2D eigenvalue weighted by atomic mass is 79.9. The predicted molar refractivity (Wildman–Crippen MR) is 83.9 cm³/mol. The fourth-order valence-electron chi connectivity index (χ4n) is 2.36. The van der Waals surface area contributed by atoms with Crippen molar-refractivity contribution in [3.8, 4) is 0 Å². The minimum absolute atomic E-state index is 0.0307. The van der Waals surface area contributed by atoms with Gasteiger partial charge in [0.25, 0.3) is 0 Å². The first-order valence-electron chi connectivity index (χ1n) is 6.65. The number of hydrogen-bond donors (Lipinski definition) is 2. The molecule has 0 spiro atoms. The number of piperidine rings is 1. The van der Waals surface area contributed by atoms with Crippen molar-refractivity contribution in [3.05, 3.63) is 21.8 Å². The number of carbonyl (C=O) groups excluding carboxylic acids is 1. The summed E-state index contributed by atoms with van der Waals surface area (Å²) < 4.78 is 0.848. The van der Waals surface area contributed by atoms with Crippen LogP contribution >= 0.6 is 27.5 Å². The quantitative estimate of drug-likeness (QED) is 0.858. The first-order chi connectivity index (χ1) is 9.61. The number of nitrogens with zero attached hydrogens (tertiary/aromatic N) is 2. The molecule has 7 heteroatoms. The summed E-state index contributed by atoms with van der Waals surface area (Å²) >= 11 is 9.56. The lowest BCUT2D eigenvalue weighted by atomic mass is 9.97. The number of nitrogens with two attached hydrogens (primary N) is 1. The molecule has 1 saturated heterocycles. The van der Waals surface area contributed by atoms with Crippen LogP contribution in [0.3, 0.4) is 0 Å². The number of aromatic nitrogens is 1. The van der Waals surface area contributed by atoms with E-state index in [9.17, 15) is 4.79 Å². The number of amides is 1. The van der Waals surface area contributed by atoms with E-state index >= 15 is 0 Å². The number of pyridine rings is 1. The van der Waals surface area contributed by atoms with Gasteiger partial charge in [-0.2, -0.15) is 0 Å². The Morgan fingerprint density at radius 1 is 1.65 bits per heavy atom. The Bertz CT molecular complexity index is 485. The Balaban J connectivity index is 2.04. The highest BCUT2D eigenvalue weighted by Gasteiger charge is 2.27. The first-order valence-corrected chi connectivity index (χ1v) is 7.82. The molecule has 1 aromatic rings. The van der Waals surface area contributed by atoms with E-state index in [2.05, 4.69) is 31.1 Å². The van der Waals surface area contributed by atoms with Gasteiger partial charge in [-0.3, -0.25) is 4.79 Å². The van der Waals surface area contributed by atoms with Crippen LogP contribution < -0.4 is 16.0 Å². The topological polar surface area (TPSA) is 71.2 Å². The largest absolute Gasteiger partial charge is 0.355 e. The number of anilines is 1. The highest BCUT2D eigenvalue weighted by molar-refractivity contribution is 9.10. The zero-order valence-electron chi connectivity index (χ0n) is 11.1. The lowest BCUT2D eigenvalue weighted by molar-refractivity contribution is -0.125. The third-order valence-corrected chi connectivity index (χ3v) is 4.04. The summed E-state index contributed by atoms with van der Waals surface area (Å²) in [5, 5.41) is 3.45. The SMILES string of the molecule is NCCNC(=O)C1CCCN(c2ncc(Br)cc2Cl)C1. The maximum absolute atomic E-state index is 12.0. The molecule has 0 saturated carbocycles. The summed E-state index contributed by atoms with van der Waals surface area (Å²) in [5.41, 5.74) is 5.40. The predicted octanol–water partition coefficient (Wildman–Crippen LogP) is 1.79. The average Bonchev–Trinajstić information content (AvgIpc) is 2.45. The number of carbonyl (C=O) groups is 1. The van der Waals surface area contributed by atoms with E-state index in [1.807, 2.05) is 6.07 Å². The molecule has 1 atom stereocenters. The van der Waals surface area contributed by atoms with E-state index in [0.29, 0.717) is 24.7 Å². The van der Waals surface area contributed by atoms with E-state index in [1.54, 1.807) is 6.20 Å². The van der Waals surface area contributed by atoms with Gasteiger partial charge in [0.1, 0.15) is 5.82 Å². The molecule has 1 unspecified atom stereocenters. The maximum Gasteiger partial charge on any atom is 0.224 e. The lowest BCUT2D eigenvalue weighted by Crippen LogP contribution is -2.44. The van der Waals surface area contributed by atoms with Crippen LogP contribution in [0.15, 0.2) is 16.7 Å². The maximum atomic E-state index is 12.0. The van der Waals surface area contributed by atoms with Crippen molar-refractivity contribution in [3.63, 3.8) is 0 Å².